The van der Waals surface area contributed by atoms with Gasteiger partial charge in [-0.25, -0.2) is 0 Å². The molecule has 0 bridgehead atoms. The maximum Gasteiger partial charge on any atom is 0.191 e. The molecule has 3 N–H and O–H groups in total. The number of hydrogen-bond acceptors (Lipinski definition) is 4. The zero-order chi connectivity index (χ0) is 18.0. The third-order valence-corrected chi connectivity index (χ3v) is 5.44. The Hall–Kier alpha value is -1.24. The third-order valence-electron chi connectivity index (χ3n) is 4.21. The zero-order valence-corrected chi connectivity index (χ0v) is 16.1. The lowest BCUT2D eigenvalue weighted by Crippen LogP contribution is -2.40. The van der Waals surface area contributed by atoms with Crippen molar-refractivity contribution in [3.05, 3.63) is 35.9 Å². The van der Waals surface area contributed by atoms with E-state index in [0.717, 1.165) is 43.4 Å². The van der Waals surface area contributed by atoms with Gasteiger partial charge in [-0.3, -0.25) is 4.99 Å². The molecular weight excluding hydrogens is 334 g/mol. The molecule has 1 aliphatic rings. The molecule has 140 valence electrons. The average Bonchev–Trinajstić information content (AvgIpc) is 3.07. The molecule has 2 rings (SSSR count). The van der Waals surface area contributed by atoms with Crippen molar-refractivity contribution in [2.45, 2.75) is 38.4 Å². The first kappa shape index (κ1) is 20.1. The highest BCUT2D eigenvalue weighted by Crippen LogP contribution is 2.27. The Kier molecular flexibility index (Phi) is 8.58. The van der Waals surface area contributed by atoms with E-state index in [1.54, 1.807) is 11.8 Å². The van der Waals surface area contributed by atoms with Crippen molar-refractivity contribution >= 4 is 17.7 Å². The minimum atomic E-state index is -0.638. The Morgan fingerprint density at radius 2 is 2.16 bits per heavy atom. The molecule has 25 heavy (non-hydrogen) atoms. The zero-order valence-electron chi connectivity index (χ0n) is 15.3. The molecule has 0 amide bonds. The van der Waals surface area contributed by atoms with E-state index >= 15 is 0 Å². The molecule has 1 heterocycles. The normalized spacial score (nSPS) is 22.0. The van der Waals surface area contributed by atoms with Crippen molar-refractivity contribution in [2.24, 2.45) is 4.99 Å². The Bertz CT molecular complexity index is 519. The van der Waals surface area contributed by atoms with Gasteiger partial charge in [0.05, 0.1) is 18.2 Å². The van der Waals surface area contributed by atoms with Crippen LogP contribution in [0.15, 0.2) is 35.3 Å². The second kappa shape index (κ2) is 10.7. The molecule has 0 aliphatic carbocycles. The average molecular weight is 366 g/mol. The number of aliphatic hydroxyl groups is 1. The lowest BCUT2D eigenvalue weighted by molar-refractivity contribution is 0.0645. The first-order valence-electron chi connectivity index (χ1n) is 9.12. The molecule has 1 aliphatic heterocycles. The van der Waals surface area contributed by atoms with Crippen LogP contribution in [-0.4, -0.2) is 54.4 Å². The lowest BCUT2D eigenvalue weighted by atomic mass is 10.1. The van der Waals surface area contributed by atoms with Crippen molar-refractivity contribution in [1.82, 2.24) is 10.6 Å². The summed E-state index contributed by atoms with van der Waals surface area (Å²) in [6, 6.07) is 10.3. The molecule has 2 atom stereocenters. The van der Waals surface area contributed by atoms with Gasteiger partial charge in [-0.05, 0) is 38.0 Å². The van der Waals surface area contributed by atoms with Crippen LogP contribution in [0.3, 0.4) is 0 Å². The minimum Gasteiger partial charge on any atom is -0.387 e. The molecule has 1 saturated heterocycles. The molecule has 0 radical (unpaired) electrons. The maximum atomic E-state index is 10.4. The standard InChI is InChI=1S/C19H31N3O2S/c1-3-20-18(22-14-19(23)10-13-25-15-19)21-11-7-12-24-16(2)17-8-5-4-6-9-17/h4-6,8-9,16,23H,3,7,10-15H2,1-2H3,(H2,20,21,22). The van der Waals surface area contributed by atoms with Crippen LogP contribution in [0.1, 0.15) is 38.4 Å². The van der Waals surface area contributed by atoms with Gasteiger partial charge >= 0.3 is 0 Å². The summed E-state index contributed by atoms with van der Waals surface area (Å²) in [7, 11) is 0. The Balaban J connectivity index is 1.67. The van der Waals surface area contributed by atoms with Gasteiger partial charge in [-0.1, -0.05) is 30.3 Å². The van der Waals surface area contributed by atoms with Gasteiger partial charge < -0.3 is 20.5 Å². The Morgan fingerprint density at radius 1 is 1.36 bits per heavy atom. The molecule has 0 saturated carbocycles. The summed E-state index contributed by atoms with van der Waals surface area (Å²) in [5.41, 5.74) is 0.564. The number of rotatable bonds is 9. The quantitative estimate of drug-likeness (QED) is 0.357. The van der Waals surface area contributed by atoms with Crippen molar-refractivity contribution in [2.75, 3.05) is 37.7 Å². The second-order valence-electron chi connectivity index (χ2n) is 6.43. The van der Waals surface area contributed by atoms with E-state index in [9.17, 15) is 5.11 Å². The molecule has 0 aromatic heterocycles. The summed E-state index contributed by atoms with van der Waals surface area (Å²) in [5.74, 6) is 2.57. The fourth-order valence-corrected chi connectivity index (χ4v) is 3.93. The number of aliphatic imine (C=N–C) groups is 1. The first-order chi connectivity index (χ1) is 12.1. The number of guanidine groups is 1. The lowest BCUT2D eigenvalue weighted by Gasteiger charge is -2.20. The van der Waals surface area contributed by atoms with Crippen molar-refractivity contribution in [1.29, 1.82) is 0 Å². The summed E-state index contributed by atoms with van der Waals surface area (Å²) >= 11 is 1.79. The molecular formula is C19H31N3O2S. The second-order valence-corrected chi connectivity index (χ2v) is 7.53. The van der Waals surface area contributed by atoms with E-state index in [4.69, 9.17) is 4.74 Å². The van der Waals surface area contributed by atoms with Gasteiger partial charge in [-0.2, -0.15) is 11.8 Å². The molecule has 1 aromatic carbocycles. The number of ether oxygens (including phenoxy) is 1. The Labute approximate surface area is 155 Å². The van der Waals surface area contributed by atoms with Crippen LogP contribution < -0.4 is 10.6 Å². The Morgan fingerprint density at radius 3 is 2.84 bits per heavy atom. The maximum absolute atomic E-state index is 10.4. The van der Waals surface area contributed by atoms with Gasteiger partial charge in [0.25, 0.3) is 0 Å². The predicted molar refractivity (Wildman–Crippen MR) is 106 cm³/mol. The van der Waals surface area contributed by atoms with Crippen molar-refractivity contribution in [3.63, 3.8) is 0 Å². The molecule has 1 aromatic rings. The molecule has 0 spiro atoms. The van der Waals surface area contributed by atoms with Crippen LogP contribution in [0.4, 0.5) is 0 Å². The van der Waals surface area contributed by atoms with E-state index in [0.29, 0.717) is 13.2 Å². The van der Waals surface area contributed by atoms with Gasteiger partial charge in [0.15, 0.2) is 5.96 Å². The molecule has 5 nitrogen and oxygen atoms in total. The SMILES string of the molecule is CCNC(=NCC1(O)CCSC1)NCCCOC(C)c1ccccc1. The number of hydrogen-bond donors (Lipinski definition) is 3. The number of nitrogens with one attached hydrogen (secondary N) is 2. The summed E-state index contributed by atoms with van der Waals surface area (Å²) < 4.78 is 5.88. The third kappa shape index (κ3) is 7.26. The van der Waals surface area contributed by atoms with E-state index in [1.165, 1.54) is 5.56 Å². The fraction of sp³-hybridized carbons (Fsp3) is 0.632. The monoisotopic (exact) mass is 365 g/mol. The van der Waals surface area contributed by atoms with Gasteiger partial charge in [-0.15, -0.1) is 0 Å². The van der Waals surface area contributed by atoms with E-state index < -0.39 is 5.60 Å². The van der Waals surface area contributed by atoms with E-state index in [-0.39, 0.29) is 6.10 Å². The van der Waals surface area contributed by atoms with Gasteiger partial charge in [0.1, 0.15) is 0 Å². The summed E-state index contributed by atoms with van der Waals surface area (Å²) in [4.78, 5) is 4.54. The van der Waals surface area contributed by atoms with E-state index in [1.807, 2.05) is 25.1 Å². The summed E-state index contributed by atoms with van der Waals surface area (Å²) in [6.07, 6.45) is 1.84. The van der Waals surface area contributed by atoms with Crippen molar-refractivity contribution < 1.29 is 9.84 Å². The van der Waals surface area contributed by atoms with E-state index in [2.05, 4.69) is 34.7 Å². The largest absolute Gasteiger partial charge is 0.387 e. The summed E-state index contributed by atoms with van der Waals surface area (Å²) in [5, 5.41) is 16.9. The van der Waals surface area contributed by atoms with Crippen LogP contribution in [-0.2, 0) is 4.74 Å². The molecule has 6 heteroatoms. The number of nitrogens with zero attached hydrogens (tertiary/aromatic N) is 1. The number of thioether (sulfide) groups is 1. The fourth-order valence-electron chi connectivity index (χ4n) is 2.65. The highest BCUT2D eigenvalue weighted by molar-refractivity contribution is 7.99. The molecule has 2 unspecified atom stereocenters. The van der Waals surface area contributed by atoms with Crippen LogP contribution in [0.25, 0.3) is 0 Å². The smallest absolute Gasteiger partial charge is 0.191 e. The topological polar surface area (TPSA) is 65.9 Å². The van der Waals surface area contributed by atoms with Crippen molar-refractivity contribution in [3.8, 4) is 0 Å². The van der Waals surface area contributed by atoms with Crippen LogP contribution in [0.5, 0.6) is 0 Å². The minimum absolute atomic E-state index is 0.109. The first-order valence-corrected chi connectivity index (χ1v) is 10.3. The predicted octanol–water partition coefficient (Wildman–Crippen LogP) is 2.58. The van der Waals surface area contributed by atoms with Gasteiger partial charge in [0, 0.05) is 25.4 Å². The number of benzene rings is 1. The van der Waals surface area contributed by atoms with Crippen LogP contribution in [0, 0.1) is 0 Å². The van der Waals surface area contributed by atoms with Crippen LogP contribution >= 0.6 is 11.8 Å². The summed E-state index contributed by atoms with van der Waals surface area (Å²) in [6.45, 7) is 6.87. The van der Waals surface area contributed by atoms with Gasteiger partial charge in [0.2, 0.25) is 0 Å². The van der Waals surface area contributed by atoms with Crippen LogP contribution in [0.2, 0.25) is 0 Å². The highest BCUT2D eigenvalue weighted by atomic mass is 32.2. The molecule has 1 fully saturated rings. The highest BCUT2D eigenvalue weighted by Gasteiger charge is 2.31.